The highest BCUT2D eigenvalue weighted by atomic mass is 16.5. The number of aryl methyl sites for hydroxylation is 1. The number of rotatable bonds is 7. The van der Waals surface area contributed by atoms with Crippen LogP contribution in [0, 0.1) is 0 Å². The SMILES string of the molecule is COCCNCCC=C(C)C1CCc2cccnc21. The van der Waals surface area contributed by atoms with Crippen LogP contribution in [-0.2, 0) is 11.2 Å². The van der Waals surface area contributed by atoms with Crippen LogP contribution in [0.25, 0.3) is 0 Å². The van der Waals surface area contributed by atoms with Crippen molar-refractivity contribution in [3.05, 3.63) is 41.2 Å². The van der Waals surface area contributed by atoms with Crippen molar-refractivity contribution < 1.29 is 4.74 Å². The Hall–Kier alpha value is -1.19. The van der Waals surface area contributed by atoms with Gasteiger partial charge in [-0.15, -0.1) is 0 Å². The zero-order chi connectivity index (χ0) is 13.5. The molecule has 1 aromatic rings. The molecule has 1 heterocycles. The summed E-state index contributed by atoms with van der Waals surface area (Å²) in [4.78, 5) is 4.56. The van der Waals surface area contributed by atoms with Crippen molar-refractivity contribution in [2.45, 2.75) is 32.1 Å². The van der Waals surface area contributed by atoms with Gasteiger partial charge in [-0.25, -0.2) is 0 Å². The van der Waals surface area contributed by atoms with Gasteiger partial charge < -0.3 is 10.1 Å². The van der Waals surface area contributed by atoms with E-state index in [0.29, 0.717) is 5.92 Å². The molecule has 0 aromatic carbocycles. The lowest BCUT2D eigenvalue weighted by Crippen LogP contribution is -2.19. The van der Waals surface area contributed by atoms with Gasteiger partial charge in [-0.3, -0.25) is 4.98 Å². The normalized spacial score (nSPS) is 18.6. The Labute approximate surface area is 116 Å². The fourth-order valence-corrected chi connectivity index (χ4v) is 2.70. The molecule has 1 atom stereocenters. The third-order valence-corrected chi connectivity index (χ3v) is 3.78. The van der Waals surface area contributed by atoms with E-state index >= 15 is 0 Å². The Kier molecular flexibility index (Phi) is 5.55. The maximum absolute atomic E-state index is 5.00. The van der Waals surface area contributed by atoms with E-state index in [1.807, 2.05) is 12.3 Å². The number of ether oxygens (including phenoxy) is 1. The molecule has 0 bridgehead atoms. The molecule has 1 unspecified atom stereocenters. The van der Waals surface area contributed by atoms with Gasteiger partial charge in [-0.05, 0) is 44.4 Å². The lowest BCUT2D eigenvalue weighted by molar-refractivity contribution is 0.199. The van der Waals surface area contributed by atoms with Crippen LogP contribution in [0.5, 0.6) is 0 Å². The number of fused-ring (bicyclic) bond motifs is 1. The summed E-state index contributed by atoms with van der Waals surface area (Å²) in [5, 5.41) is 3.37. The number of allylic oxidation sites excluding steroid dienone is 1. The summed E-state index contributed by atoms with van der Waals surface area (Å²) in [5.74, 6) is 0.537. The molecule has 3 heteroatoms. The van der Waals surface area contributed by atoms with Crippen molar-refractivity contribution in [1.29, 1.82) is 0 Å². The first-order valence-corrected chi connectivity index (χ1v) is 7.13. The molecule has 1 aliphatic carbocycles. The van der Waals surface area contributed by atoms with E-state index in [1.165, 1.54) is 29.7 Å². The van der Waals surface area contributed by atoms with Gasteiger partial charge in [-0.2, -0.15) is 0 Å². The molecule has 1 aliphatic rings. The molecule has 1 N–H and O–H groups in total. The van der Waals surface area contributed by atoms with Crippen LogP contribution in [0.1, 0.15) is 36.9 Å². The summed E-state index contributed by atoms with van der Waals surface area (Å²) < 4.78 is 5.00. The molecular formula is C16H24N2O. The first-order chi connectivity index (χ1) is 9.33. The Balaban J connectivity index is 1.82. The second-order valence-electron chi connectivity index (χ2n) is 5.12. The molecule has 0 saturated heterocycles. The minimum atomic E-state index is 0.537. The quantitative estimate of drug-likeness (QED) is 0.604. The van der Waals surface area contributed by atoms with Crippen LogP contribution in [0.15, 0.2) is 30.0 Å². The van der Waals surface area contributed by atoms with E-state index in [9.17, 15) is 0 Å². The Bertz CT molecular complexity index is 429. The third kappa shape index (κ3) is 3.88. The zero-order valence-corrected chi connectivity index (χ0v) is 12.0. The van der Waals surface area contributed by atoms with Crippen LogP contribution in [0.3, 0.4) is 0 Å². The highest BCUT2D eigenvalue weighted by Crippen LogP contribution is 2.36. The van der Waals surface area contributed by atoms with Crippen molar-refractivity contribution in [3.8, 4) is 0 Å². The molecule has 0 fully saturated rings. The number of aromatic nitrogens is 1. The predicted molar refractivity (Wildman–Crippen MR) is 78.4 cm³/mol. The summed E-state index contributed by atoms with van der Waals surface area (Å²) in [5.41, 5.74) is 4.19. The molecule has 1 aromatic heterocycles. The van der Waals surface area contributed by atoms with Gasteiger partial charge in [0.2, 0.25) is 0 Å². The second-order valence-corrected chi connectivity index (χ2v) is 5.12. The average molecular weight is 260 g/mol. The van der Waals surface area contributed by atoms with Gasteiger partial charge in [0.1, 0.15) is 0 Å². The van der Waals surface area contributed by atoms with Crippen LogP contribution < -0.4 is 5.32 Å². The minimum Gasteiger partial charge on any atom is -0.383 e. The standard InChI is InChI=1S/C16H24N2O/c1-13(5-3-9-17-11-12-19-2)15-8-7-14-6-4-10-18-16(14)15/h4-6,10,15,17H,3,7-9,11-12H2,1-2H3. The Morgan fingerprint density at radius 3 is 3.26 bits per heavy atom. The number of hydrogen-bond donors (Lipinski definition) is 1. The minimum absolute atomic E-state index is 0.537. The summed E-state index contributed by atoms with van der Waals surface area (Å²) >= 11 is 0. The Morgan fingerprint density at radius 1 is 1.53 bits per heavy atom. The summed E-state index contributed by atoms with van der Waals surface area (Å²) in [6.45, 7) is 4.96. The van der Waals surface area contributed by atoms with Gasteiger partial charge in [-0.1, -0.05) is 17.7 Å². The maximum atomic E-state index is 5.00. The second kappa shape index (κ2) is 7.41. The topological polar surface area (TPSA) is 34.1 Å². The van der Waals surface area contributed by atoms with Crippen LogP contribution in [0.2, 0.25) is 0 Å². The number of nitrogens with zero attached hydrogens (tertiary/aromatic N) is 1. The molecule has 0 saturated carbocycles. The van der Waals surface area contributed by atoms with E-state index in [-0.39, 0.29) is 0 Å². The van der Waals surface area contributed by atoms with E-state index in [2.05, 4.69) is 29.4 Å². The van der Waals surface area contributed by atoms with Crippen molar-refractivity contribution in [1.82, 2.24) is 10.3 Å². The highest BCUT2D eigenvalue weighted by molar-refractivity contribution is 5.34. The monoisotopic (exact) mass is 260 g/mol. The molecule has 0 radical (unpaired) electrons. The third-order valence-electron chi connectivity index (χ3n) is 3.78. The van der Waals surface area contributed by atoms with Crippen molar-refractivity contribution in [2.24, 2.45) is 0 Å². The highest BCUT2D eigenvalue weighted by Gasteiger charge is 2.24. The number of methoxy groups -OCH3 is 1. The fourth-order valence-electron chi connectivity index (χ4n) is 2.70. The van der Waals surface area contributed by atoms with Gasteiger partial charge >= 0.3 is 0 Å². The van der Waals surface area contributed by atoms with Crippen LogP contribution >= 0.6 is 0 Å². The summed E-state index contributed by atoms with van der Waals surface area (Å²) in [6, 6.07) is 4.25. The predicted octanol–water partition coefficient (Wildman–Crippen LogP) is 2.68. The molecule has 3 nitrogen and oxygen atoms in total. The molecule has 0 spiro atoms. The molecule has 19 heavy (non-hydrogen) atoms. The van der Waals surface area contributed by atoms with Crippen LogP contribution in [-0.4, -0.2) is 31.8 Å². The summed E-state index contributed by atoms with van der Waals surface area (Å²) in [7, 11) is 1.73. The first-order valence-electron chi connectivity index (χ1n) is 7.13. The lowest BCUT2D eigenvalue weighted by Gasteiger charge is -2.11. The molecule has 104 valence electrons. The van der Waals surface area contributed by atoms with Gasteiger partial charge in [0.15, 0.2) is 0 Å². The smallest absolute Gasteiger partial charge is 0.0587 e. The Morgan fingerprint density at radius 2 is 2.42 bits per heavy atom. The first kappa shape index (κ1) is 14.2. The number of pyridine rings is 1. The molecule has 0 aliphatic heterocycles. The molecular weight excluding hydrogens is 236 g/mol. The number of nitrogens with one attached hydrogen (secondary N) is 1. The zero-order valence-electron chi connectivity index (χ0n) is 12.0. The molecule has 2 rings (SSSR count). The van der Waals surface area contributed by atoms with Gasteiger partial charge in [0.05, 0.1) is 12.3 Å². The molecule has 0 amide bonds. The van der Waals surface area contributed by atoms with Crippen LogP contribution in [0.4, 0.5) is 0 Å². The fraction of sp³-hybridized carbons (Fsp3) is 0.562. The lowest BCUT2D eigenvalue weighted by atomic mass is 9.97. The summed E-state index contributed by atoms with van der Waals surface area (Å²) in [6.07, 6.45) is 7.73. The van der Waals surface area contributed by atoms with Gasteiger partial charge in [0.25, 0.3) is 0 Å². The average Bonchev–Trinajstić information content (AvgIpc) is 2.86. The maximum Gasteiger partial charge on any atom is 0.0587 e. The van der Waals surface area contributed by atoms with Crippen molar-refractivity contribution in [3.63, 3.8) is 0 Å². The number of hydrogen-bond acceptors (Lipinski definition) is 3. The van der Waals surface area contributed by atoms with Crippen molar-refractivity contribution >= 4 is 0 Å². The largest absolute Gasteiger partial charge is 0.383 e. The van der Waals surface area contributed by atoms with Crippen molar-refractivity contribution in [2.75, 3.05) is 26.8 Å². The van der Waals surface area contributed by atoms with E-state index in [0.717, 1.165) is 26.1 Å². The van der Waals surface area contributed by atoms with Gasteiger partial charge in [0, 0.05) is 25.8 Å². The van der Waals surface area contributed by atoms with E-state index in [4.69, 9.17) is 4.74 Å². The van der Waals surface area contributed by atoms with E-state index < -0.39 is 0 Å². The van der Waals surface area contributed by atoms with E-state index in [1.54, 1.807) is 7.11 Å².